The molecule has 34 heavy (non-hydrogen) atoms. The number of rotatable bonds is 2. The molecule has 0 amide bonds. The third-order valence-corrected chi connectivity index (χ3v) is 6.46. The summed E-state index contributed by atoms with van der Waals surface area (Å²) < 4.78 is 4.68. The maximum Gasteiger partial charge on any atom is 0.254 e. The Morgan fingerprint density at radius 1 is 0.559 bits per heavy atom. The standard InChI is InChI=1S/C31H45N2.ClH/c1-28(2,3)22-15-13-16-23(29(4,5)6)26(22)32-19-20-33(21-32)27-24(30(7,8)9)17-14-18-25(27)31(10,11)12;/h13-21H,1-12H3;1H/q+1;. The molecule has 0 bridgehead atoms. The maximum absolute atomic E-state index is 2.34. The molecule has 0 fully saturated rings. The first-order valence-corrected chi connectivity index (χ1v) is 12.3. The number of para-hydroxylation sites is 2. The van der Waals surface area contributed by atoms with E-state index in [-0.39, 0.29) is 34.1 Å². The molecule has 0 N–H and O–H groups in total. The normalized spacial score (nSPS) is 13.1. The van der Waals surface area contributed by atoms with E-state index in [4.69, 9.17) is 0 Å². The summed E-state index contributed by atoms with van der Waals surface area (Å²) in [5.74, 6) is 0. The lowest BCUT2D eigenvalue weighted by Crippen LogP contribution is -2.36. The molecule has 3 heteroatoms. The third kappa shape index (κ3) is 5.60. The van der Waals surface area contributed by atoms with Crippen molar-refractivity contribution < 1.29 is 4.57 Å². The molecule has 0 aliphatic heterocycles. The SMILES string of the molecule is CC(C)(C)c1cccc(C(C)(C)C)c1-n1cc[n+](-c2c(C(C)(C)C)cccc2C(C)(C)C)c1.Cl. The van der Waals surface area contributed by atoms with Crippen molar-refractivity contribution in [2.24, 2.45) is 0 Å². The first-order valence-electron chi connectivity index (χ1n) is 12.3. The van der Waals surface area contributed by atoms with Gasteiger partial charge in [-0.15, -0.1) is 12.4 Å². The largest absolute Gasteiger partial charge is 0.254 e. The Bertz CT molecular complexity index is 985. The van der Waals surface area contributed by atoms with E-state index in [0.29, 0.717) is 0 Å². The van der Waals surface area contributed by atoms with Crippen LogP contribution in [-0.4, -0.2) is 4.57 Å². The number of aromatic nitrogens is 2. The second-order valence-corrected chi connectivity index (χ2v) is 13.6. The monoisotopic (exact) mass is 481 g/mol. The highest BCUT2D eigenvalue weighted by molar-refractivity contribution is 5.85. The average molecular weight is 482 g/mol. The first kappa shape index (κ1) is 28.2. The van der Waals surface area contributed by atoms with Gasteiger partial charge in [-0.1, -0.05) is 119 Å². The van der Waals surface area contributed by atoms with E-state index in [0.717, 1.165) is 0 Å². The fraction of sp³-hybridized carbons (Fsp3) is 0.516. The van der Waals surface area contributed by atoms with Crippen LogP contribution in [0.4, 0.5) is 0 Å². The number of halogens is 1. The number of imidazole rings is 1. The lowest BCUT2D eigenvalue weighted by molar-refractivity contribution is -0.596. The van der Waals surface area contributed by atoms with Crippen LogP contribution < -0.4 is 4.57 Å². The molecule has 0 spiro atoms. The van der Waals surface area contributed by atoms with Crippen molar-refractivity contribution >= 4 is 12.4 Å². The van der Waals surface area contributed by atoms with E-state index < -0.39 is 0 Å². The van der Waals surface area contributed by atoms with Crippen LogP contribution in [0.1, 0.15) is 105 Å². The molecule has 1 aromatic heterocycles. The van der Waals surface area contributed by atoms with Crippen LogP contribution in [0.15, 0.2) is 55.1 Å². The zero-order chi connectivity index (χ0) is 25.0. The third-order valence-electron chi connectivity index (χ3n) is 6.46. The van der Waals surface area contributed by atoms with Gasteiger partial charge in [-0.05, 0) is 21.7 Å². The molecule has 0 atom stereocenters. The Hall–Kier alpha value is -2.06. The van der Waals surface area contributed by atoms with E-state index in [1.165, 1.54) is 33.6 Å². The Balaban J connectivity index is 0.00000408. The van der Waals surface area contributed by atoms with Crippen LogP contribution in [0.25, 0.3) is 11.4 Å². The van der Waals surface area contributed by atoms with Crippen molar-refractivity contribution in [2.75, 3.05) is 0 Å². The summed E-state index contributed by atoms with van der Waals surface area (Å²) in [5, 5.41) is 0. The van der Waals surface area contributed by atoms with Crippen LogP contribution in [0, 0.1) is 0 Å². The van der Waals surface area contributed by atoms with Gasteiger partial charge in [0.05, 0.1) is 0 Å². The van der Waals surface area contributed by atoms with Gasteiger partial charge in [0.15, 0.2) is 0 Å². The molecule has 186 valence electrons. The molecule has 2 nitrogen and oxygen atoms in total. The molecule has 0 aliphatic rings. The van der Waals surface area contributed by atoms with Gasteiger partial charge < -0.3 is 0 Å². The van der Waals surface area contributed by atoms with Crippen LogP contribution in [0.2, 0.25) is 0 Å². The molecule has 2 aromatic carbocycles. The summed E-state index contributed by atoms with van der Waals surface area (Å²) in [7, 11) is 0. The van der Waals surface area contributed by atoms with Gasteiger partial charge in [-0.2, -0.15) is 0 Å². The summed E-state index contributed by atoms with van der Waals surface area (Å²) in [6.07, 6.45) is 6.73. The zero-order valence-electron chi connectivity index (χ0n) is 23.5. The Morgan fingerprint density at radius 2 is 0.912 bits per heavy atom. The van der Waals surface area contributed by atoms with Crippen LogP contribution in [0.3, 0.4) is 0 Å². The van der Waals surface area contributed by atoms with Gasteiger partial charge in [0.2, 0.25) is 0 Å². The molecule has 0 aliphatic carbocycles. The summed E-state index contributed by atoms with van der Waals surface area (Å²) in [6.45, 7) is 27.7. The van der Waals surface area contributed by atoms with E-state index >= 15 is 0 Å². The van der Waals surface area contributed by atoms with Crippen LogP contribution in [0.5, 0.6) is 0 Å². The highest BCUT2D eigenvalue weighted by atomic mass is 35.5. The maximum atomic E-state index is 2.34. The summed E-state index contributed by atoms with van der Waals surface area (Å²) in [5.41, 5.74) is 8.30. The predicted molar refractivity (Wildman–Crippen MR) is 149 cm³/mol. The van der Waals surface area contributed by atoms with Gasteiger partial charge in [-0.25, -0.2) is 9.13 Å². The lowest BCUT2D eigenvalue weighted by atomic mass is 9.78. The number of hydrogen-bond donors (Lipinski definition) is 0. The van der Waals surface area contributed by atoms with Crippen LogP contribution >= 0.6 is 12.4 Å². The second-order valence-electron chi connectivity index (χ2n) is 13.6. The fourth-order valence-corrected chi connectivity index (χ4v) is 4.68. The Morgan fingerprint density at radius 3 is 1.26 bits per heavy atom. The molecule has 3 aromatic rings. The molecular formula is C31H46ClN2+. The second kappa shape index (κ2) is 9.19. The van der Waals surface area contributed by atoms with Crippen molar-refractivity contribution in [3.63, 3.8) is 0 Å². The minimum atomic E-state index is 0. The zero-order valence-corrected chi connectivity index (χ0v) is 24.3. The van der Waals surface area contributed by atoms with Crippen molar-refractivity contribution in [1.82, 2.24) is 4.57 Å². The van der Waals surface area contributed by atoms with Crippen molar-refractivity contribution in [3.8, 4) is 11.4 Å². The average Bonchev–Trinajstić information content (AvgIpc) is 3.13. The Labute approximate surface area is 214 Å². The molecule has 0 saturated heterocycles. The molecular weight excluding hydrogens is 436 g/mol. The number of benzene rings is 2. The molecule has 1 heterocycles. The first-order chi connectivity index (χ1) is 14.9. The van der Waals surface area contributed by atoms with E-state index in [1.54, 1.807) is 0 Å². The van der Waals surface area contributed by atoms with E-state index in [9.17, 15) is 0 Å². The van der Waals surface area contributed by atoms with Gasteiger partial charge in [0, 0.05) is 22.3 Å². The smallest absolute Gasteiger partial charge is 0.201 e. The van der Waals surface area contributed by atoms with Crippen molar-refractivity contribution in [3.05, 3.63) is 77.4 Å². The van der Waals surface area contributed by atoms with Crippen molar-refractivity contribution in [1.29, 1.82) is 0 Å². The van der Waals surface area contributed by atoms with Gasteiger partial charge in [0.25, 0.3) is 6.33 Å². The van der Waals surface area contributed by atoms with Gasteiger partial charge in [-0.3, -0.25) is 0 Å². The highest BCUT2D eigenvalue weighted by Gasteiger charge is 2.32. The minimum absolute atomic E-state index is 0. The summed E-state index contributed by atoms with van der Waals surface area (Å²) in [6, 6.07) is 13.6. The lowest BCUT2D eigenvalue weighted by Gasteiger charge is -2.28. The topological polar surface area (TPSA) is 8.81 Å². The summed E-state index contributed by atoms with van der Waals surface area (Å²) in [4.78, 5) is 0. The molecule has 0 unspecified atom stereocenters. The Kier molecular flexibility index (Phi) is 7.62. The number of hydrogen-bond acceptors (Lipinski definition) is 0. The minimum Gasteiger partial charge on any atom is -0.201 e. The highest BCUT2D eigenvalue weighted by Crippen LogP contribution is 2.37. The van der Waals surface area contributed by atoms with Crippen LogP contribution in [-0.2, 0) is 21.7 Å². The predicted octanol–water partition coefficient (Wildman–Crippen LogP) is 8.37. The summed E-state index contributed by atoms with van der Waals surface area (Å²) >= 11 is 0. The molecule has 0 radical (unpaired) electrons. The fourth-order valence-electron chi connectivity index (χ4n) is 4.68. The van der Waals surface area contributed by atoms with Crippen molar-refractivity contribution in [2.45, 2.75) is 105 Å². The van der Waals surface area contributed by atoms with E-state index in [1.807, 2.05) is 0 Å². The molecule has 3 rings (SSSR count). The number of nitrogens with zero attached hydrogens (tertiary/aromatic N) is 2. The quantitative estimate of drug-likeness (QED) is 0.325. The molecule has 0 saturated carbocycles. The van der Waals surface area contributed by atoms with Gasteiger partial charge in [0.1, 0.15) is 23.8 Å². The van der Waals surface area contributed by atoms with Gasteiger partial charge >= 0.3 is 0 Å². The van der Waals surface area contributed by atoms with E-state index in [2.05, 4.69) is 147 Å².